The maximum Gasteiger partial charge on any atom is 0.311 e. The van der Waals surface area contributed by atoms with Crippen LogP contribution in [-0.4, -0.2) is 17.6 Å². The van der Waals surface area contributed by atoms with Crippen molar-refractivity contribution < 1.29 is 9.53 Å². The Labute approximate surface area is 123 Å². The molecule has 1 heterocycles. The van der Waals surface area contributed by atoms with Crippen LogP contribution in [-0.2, 0) is 16.0 Å². The van der Waals surface area contributed by atoms with Crippen LogP contribution in [0.25, 0.3) is 10.6 Å². The predicted molar refractivity (Wildman–Crippen MR) is 80.6 cm³/mol. The summed E-state index contributed by atoms with van der Waals surface area (Å²) in [6.07, 6.45) is 0.244. The summed E-state index contributed by atoms with van der Waals surface area (Å²) in [5, 5.41) is 2.85. The van der Waals surface area contributed by atoms with E-state index in [-0.39, 0.29) is 12.4 Å². The van der Waals surface area contributed by atoms with Crippen molar-refractivity contribution in [3.8, 4) is 10.6 Å². The quantitative estimate of drug-likeness (QED) is 0.608. The summed E-state index contributed by atoms with van der Waals surface area (Å²) in [7, 11) is 0. The fourth-order valence-corrected chi connectivity index (χ4v) is 2.86. The highest BCUT2D eigenvalue weighted by atomic mass is 127. The number of carbonyl (C=O) groups is 1. The average Bonchev–Trinajstić information content (AvgIpc) is 2.78. The Morgan fingerprint density at radius 1 is 1.50 bits per heavy atom. The van der Waals surface area contributed by atoms with E-state index in [0.717, 1.165) is 16.3 Å². The van der Waals surface area contributed by atoms with E-state index in [1.54, 1.807) is 18.3 Å². The molecule has 2 rings (SSSR count). The van der Waals surface area contributed by atoms with Crippen LogP contribution in [0.2, 0.25) is 0 Å². The lowest BCUT2D eigenvalue weighted by Gasteiger charge is -1.98. The van der Waals surface area contributed by atoms with Crippen molar-refractivity contribution in [2.45, 2.75) is 13.3 Å². The molecule has 0 saturated heterocycles. The van der Waals surface area contributed by atoms with Crippen LogP contribution < -0.4 is 0 Å². The highest BCUT2D eigenvalue weighted by molar-refractivity contribution is 14.1. The number of benzene rings is 1. The van der Waals surface area contributed by atoms with E-state index in [9.17, 15) is 4.79 Å². The van der Waals surface area contributed by atoms with E-state index in [1.165, 1.54) is 3.57 Å². The molecule has 1 aromatic carbocycles. The summed E-state index contributed by atoms with van der Waals surface area (Å²) < 4.78 is 6.08. The van der Waals surface area contributed by atoms with Crippen molar-refractivity contribution in [2.75, 3.05) is 6.61 Å². The van der Waals surface area contributed by atoms with Gasteiger partial charge in [0.15, 0.2) is 0 Å². The molecule has 18 heavy (non-hydrogen) atoms. The van der Waals surface area contributed by atoms with Gasteiger partial charge in [0.25, 0.3) is 0 Å². The Morgan fingerprint density at radius 2 is 2.33 bits per heavy atom. The number of rotatable bonds is 4. The topological polar surface area (TPSA) is 39.2 Å². The molecule has 0 radical (unpaired) electrons. The highest BCUT2D eigenvalue weighted by Gasteiger charge is 2.09. The third-order valence-electron chi connectivity index (χ3n) is 2.25. The van der Waals surface area contributed by atoms with E-state index >= 15 is 0 Å². The Morgan fingerprint density at radius 3 is 3.06 bits per heavy atom. The smallest absolute Gasteiger partial charge is 0.311 e. The maximum absolute atomic E-state index is 11.4. The highest BCUT2D eigenvalue weighted by Crippen LogP contribution is 2.25. The van der Waals surface area contributed by atoms with Gasteiger partial charge in [0.1, 0.15) is 5.01 Å². The first-order valence-electron chi connectivity index (χ1n) is 5.55. The molecule has 0 aliphatic heterocycles. The lowest BCUT2D eigenvalue weighted by Crippen LogP contribution is -2.07. The molecule has 1 aromatic heterocycles. The second-order valence-corrected chi connectivity index (χ2v) is 5.74. The van der Waals surface area contributed by atoms with Gasteiger partial charge in [-0.3, -0.25) is 4.79 Å². The van der Waals surface area contributed by atoms with Crippen molar-refractivity contribution in [3.05, 3.63) is 38.9 Å². The largest absolute Gasteiger partial charge is 0.466 e. The van der Waals surface area contributed by atoms with E-state index in [0.29, 0.717) is 6.61 Å². The molecule has 0 bridgehead atoms. The summed E-state index contributed by atoms with van der Waals surface area (Å²) >= 11 is 3.82. The van der Waals surface area contributed by atoms with Gasteiger partial charge in [-0.25, -0.2) is 4.98 Å². The Bertz CT molecular complexity index is 553. The number of hydrogen-bond acceptors (Lipinski definition) is 4. The molecule has 5 heteroatoms. The minimum atomic E-state index is -0.225. The van der Waals surface area contributed by atoms with Gasteiger partial charge in [-0.05, 0) is 41.6 Å². The van der Waals surface area contributed by atoms with Gasteiger partial charge in [-0.2, -0.15) is 0 Å². The van der Waals surface area contributed by atoms with Crippen LogP contribution in [0.1, 0.15) is 12.6 Å². The molecule has 0 N–H and O–H groups in total. The minimum absolute atomic E-state index is 0.225. The molecule has 0 amide bonds. The summed E-state index contributed by atoms with van der Waals surface area (Å²) in [5.41, 5.74) is 1.86. The molecule has 0 spiro atoms. The zero-order chi connectivity index (χ0) is 13.0. The molecule has 94 valence electrons. The Kier molecular flexibility index (Phi) is 4.71. The van der Waals surface area contributed by atoms with Gasteiger partial charge in [0, 0.05) is 14.5 Å². The zero-order valence-electron chi connectivity index (χ0n) is 9.85. The van der Waals surface area contributed by atoms with Crippen LogP contribution in [0.3, 0.4) is 0 Å². The van der Waals surface area contributed by atoms with E-state index < -0.39 is 0 Å². The van der Waals surface area contributed by atoms with E-state index in [4.69, 9.17) is 4.74 Å². The van der Waals surface area contributed by atoms with Gasteiger partial charge in [-0.1, -0.05) is 12.1 Å². The maximum atomic E-state index is 11.4. The lowest BCUT2D eigenvalue weighted by atomic mass is 10.2. The molecule has 3 nitrogen and oxygen atoms in total. The third-order valence-corrected chi connectivity index (χ3v) is 3.87. The fraction of sp³-hybridized carbons (Fsp3) is 0.231. The standard InChI is InChI=1S/C13H12INO2S/c1-2-17-12(16)7-11-8-18-13(15-11)9-4-3-5-10(14)6-9/h3-6,8H,2,7H2,1H3. The van der Waals surface area contributed by atoms with Crippen molar-refractivity contribution in [3.63, 3.8) is 0 Å². The monoisotopic (exact) mass is 373 g/mol. The number of hydrogen-bond donors (Lipinski definition) is 0. The molecule has 0 unspecified atom stereocenters. The number of carbonyl (C=O) groups excluding carboxylic acids is 1. The molecule has 0 aliphatic carbocycles. The number of esters is 1. The van der Waals surface area contributed by atoms with Crippen LogP contribution >= 0.6 is 33.9 Å². The fourth-order valence-electron chi connectivity index (χ4n) is 1.50. The van der Waals surface area contributed by atoms with E-state index in [2.05, 4.69) is 33.6 Å². The average molecular weight is 373 g/mol. The molecular weight excluding hydrogens is 361 g/mol. The molecule has 2 aromatic rings. The van der Waals surface area contributed by atoms with E-state index in [1.807, 2.05) is 23.6 Å². The first-order chi connectivity index (χ1) is 8.69. The molecule has 0 fully saturated rings. The third kappa shape index (κ3) is 3.52. The zero-order valence-corrected chi connectivity index (χ0v) is 12.8. The second kappa shape index (κ2) is 6.29. The van der Waals surface area contributed by atoms with Crippen molar-refractivity contribution in [1.82, 2.24) is 4.98 Å². The minimum Gasteiger partial charge on any atom is -0.466 e. The summed E-state index contributed by atoms with van der Waals surface area (Å²) in [6, 6.07) is 8.14. The SMILES string of the molecule is CCOC(=O)Cc1csc(-c2cccc(I)c2)n1. The normalized spacial score (nSPS) is 10.3. The van der Waals surface area contributed by atoms with Gasteiger partial charge in [-0.15, -0.1) is 11.3 Å². The number of halogens is 1. The van der Waals surface area contributed by atoms with Gasteiger partial charge in [0.05, 0.1) is 18.7 Å². The van der Waals surface area contributed by atoms with Crippen molar-refractivity contribution in [1.29, 1.82) is 0 Å². The van der Waals surface area contributed by atoms with Gasteiger partial charge in [0.2, 0.25) is 0 Å². The first kappa shape index (κ1) is 13.5. The Hall–Kier alpha value is -0.950. The van der Waals surface area contributed by atoms with Crippen molar-refractivity contribution in [2.24, 2.45) is 0 Å². The number of thiazole rings is 1. The molecule has 0 aliphatic rings. The first-order valence-corrected chi connectivity index (χ1v) is 7.51. The van der Waals surface area contributed by atoms with Crippen LogP contribution in [0.15, 0.2) is 29.6 Å². The number of aromatic nitrogens is 1. The number of ether oxygens (including phenoxy) is 1. The van der Waals surface area contributed by atoms with Gasteiger partial charge < -0.3 is 4.74 Å². The molecular formula is C13H12INO2S. The predicted octanol–water partition coefficient (Wildman–Crippen LogP) is 3.52. The van der Waals surface area contributed by atoms with Crippen LogP contribution in [0.5, 0.6) is 0 Å². The van der Waals surface area contributed by atoms with Crippen molar-refractivity contribution >= 4 is 39.9 Å². The second-order valence-electron chi connectivity index (χ2n) is 3.64. The summed E-state index contributed by atoms with van der Waals surface area (Å²) in [4.78, 5) is 15.8. The summed E-state index contributed by atoms with van der Waals surface area (Å²) in [6.45, 7) is 2.21. The summed E-state index contributed by atoms with van der Waals surface area (Å²) in [5.74, 6) is -0.225. The number of nitrogens with zero attached hydrogens (tertiary/aromatic N) is 1. The molecule has 0 atom stereocenters. The molecule has 0 saturated carbocycles. The lowest BCUT2D eigenvalue weighted by molar-refractivity contribution is -0.142. The van der Waals surface area contributed by atoms with Gasteiger partial charge >= 0.3 is 5.97 Å². The van der Waals surface area contributed by atoms with Crippen LogP contribution in [0, 0.1) is 3.57 Å². The Balaban J connectivity index is 2.13. The van der Waals surface area contributed by atoms with Crippen LogP contribution in [0.4, 0.5) is 0 Å².